The number of aryl methyl sites for hydroxylation is 1. The lowest BCUT2D eigenvalue weighted by atomic mass is 10.2. The second-order valence-corrected chi connectivity index (χ2v) is 6.07. The number of nitrogens with one attached hydrogen (secondary N) is 2. The summed E-state index contributed by atoms with van der Waals surface area (Å²) in [6.07, 6.45) is 5.07. The first kappa shape index (κ1) is 16.3. The fourth-order valence-corrected chi connectivity index (χ4v) is 2.99. The van der Waals surface area contributed by atoms with Crippen LogP contribution >= 0.6 is 11.5 Å². The summed E-state index contributed by atoms with van der Waals surface area (Å²) in [5.74, 6) is 0.766. The van der Waals surface area contributed by atoms with Crippen LogP contribution in [-0.4, -0.2) is 33.3 Å². The number of anilines is 1. The van der Waals surface area contributed by atoms with Crippen LogP contribution in [-0.2, 0) is 6.42 Å². The maximum atomic E-state index is 12.0. The first-order valence-electron chi connectivity index (χ1n) is 7.95. The van der Waals surface area contributed by atoms with Crippen molar-refractivity contribution in [3.05, 3.63) is 47.9 Å². The fourth-order valence-electron chi connectivity index (χ4n) is 2.28. The van der Waals surface area contributed by atoms with E-state index in [1.54, 1.807) is 12.4 Å². The largest absolute Gasteiger partial charge is 0.369 e. The van der Waals surface area contributed by atoms with Gasteiger partial charge in [-0.3, -0.25) is 9.78 Å². The number of carbonyl (C=O) groups excluding carboxylic acids is 1. The van der Waals surface area contributed by atoms with Crippen molar-refractivity contribution in [2.24, 2.45) is 0 Å². The molecule has 0 aromatic carbocycles. The average molecular weight is 341 g/mol. The number of carbonyl (C=O) groups is 1. The Balaban J connectivity index is 1.42. The van der Waals surface area contributed by atoms with Gasteiger partial charge in [0.05, 0.1) is 10.9 Å². The first-order chi connectivity index (χ1) is 11.8. The molecule has 3 rings (SSSR count). The lowest BCUT2D eigenvalue weighted by molar-refractivity contribution is 0.0953. The summed E-state index contributed by atoms with van der Waals surface area (Å²) < 4.78 is 4.36. The fraction of sp³-hybridized carbons (Fsp3) is 0.294. The molecule has 0 saturated heterocycles. The number of fused-ring (bicyclic) bond motifs is 1. The molecule has 3 aromatic heterocycles. The third-order valence-electron chi connectivity index (χ3n) is 3.63. The molecule has 0 atom stereocenters. The highest BCUT2D eigenvalue weighted by Crippen LogP contribution is 2.23. The van der Waals surface area contributed by atoms with Crippen molar-refractivity contribution in [1.29, 1.82) is 0 Å². The zero-order valence-electron chi connectivity index (χ0n) is 13.5. The quantitative estimate of drug-likeness (QED) is 0.646. The van der Waals surface area contributed by atoms with Gasteiger partial charge in [0.15, 0.2) is 0 Å². The van der Waals surface area contributed by atoms with Gasteiger partial charge in [-0.15, -0.1) is 0 Å². The summed E-state index contributed by atoms with van der Waals surface area (Å²) in [5, 5.41) is 7.23. The second-order valence-electron chi connectivity index (χ2n) is 5.32. The third kappa shape index (κ3) is 3.86. The Morgan fingerprint density at radius 1 is 1.21 bits per heavy atom. The molecule has 0 aliphatic heterocycles. The molecule has 0 aliphatic carbocycles. The zero-order valence-corrected chi connectivity index (χ0v) is 14.3. The summed E-state index contributed by atoms with van der Waals surface area (Å²) in [7, 11) is 0. The van der Waals surface area contributed by atoms with Gasteiger partial charge < -0.3 is 10.6 Å². The molecule has 7 heteroatoms. The maximum Gasteiger partial charge on any atom is 0.252 e. The normalized spacial score (nSPS) is 10.7. The number of pyridine rings is 2. The van der Waals surface area contributed by atoms with Crippen molar-refractivity contribution in [2.45, 2.75) is 19.8 Å². The third-order valence-corrected chi connectivity index (χ3v) is 4.40. The highest BCUT2D eigenvalue weighted by atomic mass is 32.1. The highest BCUT2D eigenvalue weighted by molar-refractivity contribution is 7.13. The molecule has 0 unspecified atom stereocenters. The molecule has 24 heavy (non-hydrogen) atoms. The standard InChI is InChI=1S/C17H19N5OS/c1-2-13-7-6-12(11-21-13)16(23)19-10-4-9-18-15-14-5-3-8-20-17(14)24-22-15/h3,5-8,11H,2,4,9-10H2,1H3,(H,18,22)(H,19,23). The van der Waals surface area contributed by atoms with Gasteiger partial charge in [-0.25, -0.2) is 4.98 Å². The van der Waals surface area contributed by atoms with E-state index in [0.717, 1.165) is 41.1 Å². The van der Waals surface area contributed by atoms with Crippen LogP contribution in [0.1, 0.15) is 29.4 Å². The molecular formula is C17H19N5OS. The van der Waals surface area contributed by atoms with Crippen LogP contribution in [0.4, 0.5) is 5.82 Å². The summed E-state index contributed by atoms with van der Waals surface area (Å²) in [5.41, 5.74) is 1.58. The molecule has 0 radical (unpaired) electrons. The maximum absolute atomic E-state index is 12.0. The Morgan fingerprint density at radius 3 is 2.92 bits per heavy atom. The van der Waals surface area contributed by atoms with Gasteiger partial charge in [0.1, 0.15) is 10.6 Å². The molecule has 0 fully saturated rings. The van der Waals surface area contributed by atoms with Gasteiger partial charge in [0, 0.05) is 31.2 Å². The van der Waals surface area contributed by atoms with Crippen molar-refractivity contribution in [3.8, 4) is 0 Å². The minimum atomic E-state index is -0.0894. The van der Waals surface area contributed by atoms with E-state index >= 15 is 0 Å². The van der Waals surface area contributed by atoms with Gasteiger partial charge in [0.2, 0.25) is 0 Å². The van der Waals surface area contributed by atoms with Gasteiger partial charge in [0.25, 0.3) is 5.91 Å². The second kappa shape index (κ2) is 7.83. The van der Waals surface area contributed by atoms with Crippen molar-refractivity contribution in [3.63, 3.8) is 0 Å². The van der Waals surface area contributed by atoms with Crippen molar-refractivity contribution >= 4 is 33.5 Å². The van der Waals surface area contributed by atoms with Crippen molar-refractivity contribution < 1.29 is 4.79 Å². The number of hydrogen-bond donors (Lipinski definition) is 2. The van der Waals surface area contributed by atoms with E-state index in [4.69, 9.17) is 0 Å². The molecule has 3 aromatic rings. The van der Waals surface area contributed by atoms with Gasteiger partial charge in [-0.2, -0.15) is 4.37 Å². The predicted molar refractivity (Wildman–Crippen MR) is 96.5 cm³/mol. The lowest BCUT2D eigenvalue weighted by Crippen LogP contribution is -2.26. The molecule has 0 bridgehead atoms. The van der Waals surface area contributed by atoms with Crippen LogP contribution in [0, 0.1) is 0 Å². The van der Waals surface area contributed by atoms with Gasteiger partial charge in [-0.1, -0.05) is 6.92 Å². The molecule has 2 N–H and O–H groups in total. The smallest absolute Gasteiger partial charge is 0.252 e. The zero-order chi connectivity index (χ0) is 16.8. The van der Waals surface area contributed by atoms with Crippen molar-refractivity contribution in [2.75, 3.05) is 18.4 Å². The summed E-state index contributed by atoms with van der Waals surface area (Å²) >= 11 is 1.38. The molecule has 124 valence electrons. The minimum Gasteiger partial charge on any atom is -0.369 e. The number of rotatable bonds is 7. The monoisotopic (exact) mass is 341 g/mol. The molecule has 3 heterocycles. The predicted octanol–water partition coefficient (Wildman–Crippen LogP) is 2.88. The molecule has 6 nitrogen and oxygen atoms in total. The first-order valence-corrected chi connectivity index (χ1v) is 8.72. The number of nitrogens with zero attached hydrogens (tertiary/aromatic N) is 3. The van der Waals surface area contributed by atoms with Gasteiger partial charge >= 0.3 is 0 Å². The van der Waals surface area contributed by atoms with Crippen LogP contribution in [0.2, 0.25) is 0 Å². The van der Waals surface area contributed by atoms with E-state index in [-0.39, 0.29) is 5.91 Å². The lowest BCUT2D eigenvalue weighted by Gasteiger charge is -2.06. The van der Waals surface area contributed by atoms with Crippen LogP contribution in [0.3, 0.4) is 0 Å². The SMILES string of the molecule is CCc1ccc(C(=O)NCCCNc2nsc3ncccc23)cn1. The van der Waals surface area contributed by atoms with E-state index in [0.29, 0.717) is 12.1 Å². The Hall–Kier alpha value is -2.54. The Morgan fingerprint density at radius 2 is 2.12 bits per heavy atom. The topological polar surface area (TPSA) is 79.8 Å². The number of amides is 1. The number of aromatic nitrogens is 3. The van der Waals surface area contributed by atoms with E-state index in [1.807, 2.05) is 31.2 Å². The molecule has 0 saturated carbocycles. The molecule has 0 spiro atoms. The van der Waals surface area contributed by atoms with E-state index in [1.165, 1.54) is 11.5 Å². The Kier molecular flexibility index (Phi) is 5.32. The van der Waals surface area contributed by atoms with Crippen LogP contribution in [0.15, 0.2) is 36.7 Å². The Labute approximate surface area is 144 Å². The summed E-state index contributed by atoms with van der Waals surface area (Å²) in [6, 6.07) is 7.61. The molecule has 0 aliphatic rings. The van der Waals surface area contributed by atoms with Crippen LogP contribution in [0.25, 0.3) is 10.2 Å². The minimum absolute atomic E-state index is 0.0894. The highest BCUT2D eigenvalue weighted by Gasteiger charge is 2.07. The van der Waals surface area contributed by atoms with Crippen molar-refractivity contribution in [1.82, 2.24) is 19.7 Å². The average Bonchev–Trinajstić information content (AvgIpc) is 3.04. The van der Waals surface area contributed by atoms with E-state index in [9.17, 15) is 4.79 Å². The Bertz CT molecular complexity index is 815. The van der Waals surface area contributed by atoms with Crippen LogP contribution in [0.5, 0.6) is 0 Å². The summed E-state index contributed by atoms with van der Waals surface area (Å²) in [6.45, 7) is 3.37. The molecular weight excluding hydrogens is 322 g/mol. The van der Waals surface area contributed by atoms with E-state index in [2.05, 4.69) is 25.0 Å². The molecule has 1 amide bonds. The van der Waals surface area contributed by atoms with Gasteiger partial charge in [-0.05, 0) is 48.6 Å². The van der Waals surface area contributed by atoms with E-state index < -0.39 is 0 Å². The summed E-state index contributed by atoms with van der Waals surface area (Å²) in [4.78, 5) is 21.5. The van der Waals surface area contributed by atoms with Crippen LogP contribution < -0.4 is 10.6 Å². The number of hydrogen-bond acceptors (Lipinski definition) is 6.